The maximum absolute atomic E-state index is 11.7. The lowest BCUT2D eigenvalue weighted by atomic mass is 10.3. The minimum Gasteiger partial charge on any atom is -0.497 e. The van der Waals surface area contributed by atoms with Crippen molar-refractivity contribution in [3.63, 3.8) is 0 Å². The maximum Gasteiger partial charge on any atom is 0.250 e. The van der Waals surface area contributed by atoms with E-state index in [9.17, 15) is 4.79 Å². The number of carbonyl (C=O) groups excluding carboxylic acids is 1. The third-order valence-corrected chi connectivity index (χ3v) is 2.71. The molecule has 0 unspecified atom stereocenters. The zero-order chi connectivity index (χ0) is 15.1. The number of methoxy groups -OCH3 is 1. The van der Waals surface area contributed by atoms with E-state index in [1.54, 1.807) is 31.4 Å². The molecule has 108 valence electrons. The lowest BCUT2D eigenvalue weighted by Gasteiger charge is -2.09. The second kappa shape index (κ2) is 7.25. The van der Waals surface area contributed by atoms with Crippen molar-refractivity contribution in [1.29, 1.82) is 0 Å². The molecule has 1 aromatic heterocycles. The number of hydrogen-bond acceptors (Lipinski definition) is 4. The van der Waals surface area contributed by atoms with Gasteiger partial charge in [0.2, 0.25) is 5.91 Å². The number of ether oxygens (including phenoxy) is 1. The van der Waals surface area contributed by atoms with E-state index in [0.29, 0.717) is 11.5 Å². The summed E-state index contributed by atoms with van der Waals surface area (Å²) in [5.41, 5.74) is 0.731. The number of amides is 1. The summed E-state index contributed by atoms with van der Waals surface area (Å²) in [5.74, 6) is 0.954. The summed E-state index contributed by atoms with van der Waals surface area (Å²) in [6, 6.07) is 10.7. The average Bonchev–Trinajstić information content (AvgIpc) is 2.98. The Bertz CT molecular complexity index is 651. The van der Waals surface area contributed by atoms with Gasteiger partial charge in [-0.25, -0.2) is 0 Å². The Morgan fingerprint density at radius 3 is 2.90 bits per heavy atom. The van der Waals surface area contributed by atoms with Gasteiger partial charge in [-0.05, 0) is 42.6 Å². The van der Waals surface area contributed by atoms with Crippen molar-refractivity contribution in [2.75, 3.05) is 12.4 Å². The summed E-state index contributed by atoms with van der Waals surface area (Å²) in [6.07, 6.45) is 4.44. The van der Waals surface area contributed by atoms with E-state index in [0.717, 1.165) is 5.69 Å². The van der Waals surface area contributed by atoms with Gasteiger partial charge in [0, 0.05) is 17.8 Å². The number of hydrogen-bond donors (Lipinski definition) is 2. The predicted octanol–water partition coefficient (Wildman–Crippen LogP) is 2.81. The molecule has 1 aromatic carbocycles. The molecule has 5 nitrogen and oxygen atoms in total. The third kappa shape index (κ3) is 4.77. The van der Waals surface area contributed by atoms with E-state index in [1.165, 1.54) is 12.3 Å². The number of anilines is 1. The van der Waals surface area contributed by atoms with Crippen molar-refractivity contribution < 1.29 is 13.9 Å². The molecule has 2 rings (SSSR count). The molecule has 0 saturated carbocycles. The topological polar surface area (TPSA) is 63.5 Å². The molecule has 0 spiro atoms. The zero-order valence-corrected chi connectivity index (χ0v) is 12.1. The van der Waals surface area contributed by atoms with Crippen molar-refractivity contribution in [3.8, 4) is 5.75 Å². The summed E-state index contributed by atoms with van der Waals surface area (Å²) in [6.45, 7) is 0. The molecular weight excluding hydrogens is 288 g/mol. The second-order valence-corrected chi connectivity index (χ2v) is 4.43. The van der Waals surface area contributed by atoms with Crippen molar-refractivity contribution >= 4 is 35.0 Å². The zero-order valence-electron chi connectivity index (χ0n) is 11.3. The van der Waals surface area contributed by atoms with Crippen LogP contribution >= 0.6 is 12.2 Å². The fourth-order valence-corrected chi connectivity index (χ4v) is 1.78. The highest BCUT2D eigenvalue weighted by Gasteiger charge is 2.02. The lowest BCUT2D eigenvalue weighted by molar-refractivity contribution is -0.115. The van der Waals surface area contributed by atoms with Crippen molar-refractivity contribution in [2.24, 2.45) is 0 Å². The van der Waals surface area contributed by atoms with E-state index < -0.39 is 0 Å². The van der Waals surface area contributed by atoms with Gasteiger partial charge in [0.15, 0.2) is 5.11 Å². The summed E-state index contributed by atoms with van der Waals surface area (Å²) in [7, 11) is 1.58. The molecule has 1 heterocycles. The van der Waals surface area contributed by atoms with Crippen LogP contribution in [0.15, 0.2) is 53.2 Å². The fraction of sp³-hybridized carbons (Fsp3) is 0.0667. The normalized spacial score (nSPS) is 10.3. The SMILES string of the molecule is COc1cccc(NC(=S)NC(=O)C=Cc2ccco2)c1. The van der Waals surface area contributed by atoms with Gasteiger partial charge in [-0.2, -0.15) is 0 Å². The molecule has 21 heavy (non-hydrogen) atoms. The monoisotopic (exact) mass is 302 g/mol. The minimum absolute atomic E-state index is 0.206. The van der Waals surface area contributed by atoms with E-state index in [4.69, 9.17) is 21.4 Å². The molecule has 0 aliphatic rings. The van der Waals surface area contributed by atoms with E-state index in [-0.39, 0.29) is 11.0 Å². The first-order valence-electron chi connectivity index (χ1n) is 6.15. The summed E-state index contributed by atoms with van der Waals surface area (Å²) >= 11 is 5.06. The Hall–Kier alpha value is -2.60. The van der Waals surface area contributed by atoms with Crippen LogP contribution in [0.1, 0.15) is 5.76 Å². The van der Waals surface area contributed by atoms with Gasteiger partial charge < -0.3 is 14.5 Å². The van der Waals surface area contributed by atoms with Crippen LogP contribution in [0.2, 0.25) is 0 Å². The first-order chi connectivity index (χ1) is 10.2. The highest BCUT2D eigenvalue weighted by atomic mass is 32.1. The minimum atomic E-state index is -0.341. The van der Waals surface area contributed by atoms with Gasteiger partial charge >= 0.3 is 0 Å². The summed E-state index contributed by atoms with van der Waals surface area (Å²) in [4.78, 5) is 11.7. The quantitative estimate of drug-likeness (QED) is 0.671. The lowest BCUT2D eigenvalue weighted by Crippen LogP contribution is -2.32. The molecule has 0 atom stereocenters. The standard InChI is InChI=1S/C15H14N2O3S/c1-19-13-5-2-4-11(10-13)16-15(21)17-14(18)8-7-12-6-3-9-20-12/h2-10H,1H3,(H2,16,17,18,21). The Kier molecular flexibility index (Phi) is 5.11. The molecule has 2 N–H and O–H groups in total. The van der Waals surface area contributed by atoms with Gasteiger partial charge in [0.25, 0.3) is 0 Å². The molecule has 0 saturated heterocycles. The smallest absolute Gasteiger partial charge is 0.250 e. The van der Waals surface area contributed by atoms with Gasteiger partial charge in [-0.15, -0.1) is 0 Å². The summed E-state index contributed by atoms with van der Waals surface area (Å²) < 4.78 is 10.2. The van der Waals surface area contributed by atoms with E-state index in [2.05, 4.69) is 10.6 Å². The average molecular weight is 302 g/mol. The van der Waals surface area contributed by atoms with Crippen LogP contribution in [0.3, 0.4) is 0 Å². The molecule has 0 aliphatic carbocycles. The molecular formula is C15H14N2O3S. The van der Waals surface area contributed by atoms with Gasteiger partial charge in [-0.3, -0.25) is 10.1 Å². The molecule has 6 heteroatoms. The highest BCUT2D eigenvalue weighted by molar-refractivity contribution is 7.80. The van der Waals surface area contributed by atoms with Crippen LogP contribution < -0.4 is 15.4 Å². The van der Waals surface area contributed by atoms with Gasteiger partial charge in [-0.1, -0.05) is 6.07 Å². The van der Waals surface area contributed by atoms with Crippen molar-refractivity contribution in [3.05, 3.63) is 54.5 Å². The Morgan fingerprint density at radius 2 is 2.19 bits per heavy atom. The van der Waals surface area contributed by atoms with E-state index in [1.807, 2.05) is 18.2 Å². The largest absolute Gasteiger partial charge is 0.497 e. The van der Waals surface area contributed by atoms with Crippen LogP contribution in [-0.2, 0) is 4.79 Å². The molecule has 0 aliphatic heterocycles. The van der Waals surface area contributed by atoms with Crippen LogP contribution in [-0.4, -0.2) is 18.1 Å². The number of furan rings is 1. The van der Waals surface area contributed by atoms with Crippen molar-refractivity contribution in [2.45, 2.75) is 0 Å². The molecule has 0 radical (unpaired) electrons. The molecule has 0 bridgehead atoms. The maximum atomic E-state index is 11.7. The van der Waals surface area contributed by atoms with Crippen LogP contribution in [0.25, 0.3) is 6.08 Å². The summed E-state index contributed by atoms with van der Waals surface area (Å²) in [5, 5.41) is 5.65. The Labute approximate surface area is 127 Å². The van der Waals surface area contributed by atoms with Crippen molar-refractivity contribution in [1.82, 2.24) is 5.32 Å². The fourth-order valence-electron chi connectivity index (χ4n) is 1.56. The molecule has 2 aromatic rings. The van der Waals surface area contributed by atoms with Crippen LogP contribution in [0.5, 0.6) is 5.75 Å². The predicted molar refractivity (Wildman–Crippen MR) is 85.1 cm³/mol. The first kappa shape index (κ1) is 14.8. The number of carbonyl (C=O) groups is 1. The molecule has 0 fully saturated rings. The number of benzene rings is 1. The van der Waals surface area contributed by atoms with Crippen LogP contribution in [0, 0.1) is 0 Å². The second-order valence-electron chi connectivity index (χ2n) is 4.02. The Balaban J connectivity index is 1.87. The first-order valence-corrected chi connectivity index (χ1v) is 6.56. The Morgan fingerprint density at radius 1 is 1.33 bits per heavy atom. The molecule has 1 amide bonds. The third-order valence-electron chi connectivity index (χ3n) is 2.51. The number of rotatable bonds is 4. The highest BCUT2D eigenvalue weighted by Crippen LogP contribution is 2.16. The van der Waals surface area contributed by atoms with Gasteiger partial charge in [0.1, 0.15) is 11.5 Å². The number of nitrogens with one attached hydrogen (secondary N) is 2. The van der Waals surface area contributed by atoms with Crippen LogP contribution in [0.4, 0.5) is 5.69 Å². The van der Waals surface area contributed by atoms with E-state index >= 15 is 0 Å². The van der Waals surface area contributed by atoms with Gasteiger partial charge in [0.05, 0.1) is 13.4 Å². The number of thiocarbonyl (C=S) groups is 1.